The summed E-state index contributed by atoms with van der Waals surface area (Å²) in [5, 5.41) is 7.47. The number of hydrogen-bond acceptors (Lipinski definition) is 5. The SMILES string of the molecule is C[C@H](NC(=O)CNC(=O)OCC1c2ccccc2-c2ccccc21)C(=O)N[C@@H](Cc1ccccc1)C(N)=O. The van der Waals surface area contributed by atoms with E-state index in [1.807, 2.05) is 78.9 Å². The molecule has 0 radical (unpaired) electrons. The van der Waals surface area contributed by atoms with Crippen molar-refractivity contribution in [3.63, 3.8) is 0 Å². The maximum Gasteiger partial charge on any atom is 0.407 e. The Morgan fingerprint density at radius 3 is 2.03 bits per heavy atom. The number of fused-ring (bicyclic) bond motifs is 3. The second-order valence-corrected chi connectivity index (χ2v) is 9.12. The molecule has 2 atom stereocenters. The molecule has 0 heterocycles. The monoisotopic (exact) mass is 514 g/mol. The maximum atomic E-state index is 12.5. The molecule has 0 aliphatic heterocycles. The van der Waals surface area contributed by atoms with Crippen LogP contribution in [0.4, 0.5) is 4.79 Å². The van der Waals surface area contributed by atoms with Crippen LogP contribution < -0.4 is 21.7 Å². The molecular formula is C29H30N4O5. The van der Waals surface area contributed by atoms with Crippen LogP contribution in [0, 0.1) is 0 Å². The summed E-state index contributed by atoms with van der Waals surface area (Å²) in [6.07, 6.45) is -0.512. The first-order valence-corrected chi connectivity index (χ1v) is 12.3. The number of carbonyl (C=O) groups is 4. The largest absolute Gasteiger partial charge is 0.449 e. The molecule has 9 heteroatoms. The zero-order chi connectivity index (χ0) is 27.1. The van der Waals surface area contributed by atoms with Crippen LogP contribution in [0.2, 0.25) is 0 Å². The lowest BCUT2D eigenvalue weighted by atomic mass is 9.98. The van der Waals surface area contributed by atoms with E-state index >= 15 is 0 Å². The molecule has 0 saturated carbocycles. The Kier molecular flexibility index (Phi) is 8.37. The fraction of sp³-hybridized carbons (Fsp3) is 0.241. The van der Waals surface area contributed by atoms with E-state index in [-0.39, 0.29) is 25.5 Å². The molecule has 0 bridgehead atoms. The number of primary amides is 1. The topological polar surface area (TPSA) is 140 Å². The summed E-state index contributed by atoms with van der Waals surface area (Å²) in [7, 11) is 0. The predicted molar refractivity (Wildman–Crippen MR) is 142 cm³/mol. The Bertz CT molecular complexity index is 1280. The van der Waals surface area contributed by atoms with Gasteiger partial charge in [-0.05, 0) is 34.7 Å². The highest BCUT2D eigenvalue weighted by Crippen LogP contribution is 2.44. The third-order valence-electron chi connectivity index (χ3n) is 6.45. The summed E-state index contributed by atoms with van der Waals surface area (Å²) in [6, 6.07) is 23.2. The van der Waals surface area contributed by atoms with Gasteiger partial charge in [0.2, 0.25) is 17.7 Å². The second-order valence-electron chi connectivity index (χ2n) is 9.12. The third-order valence-corrected chi connectivity index (χ3v) is 6.45. The van der Waals surface area contributed by atoms with E-state index in [2.05, 4.69) is 16.0 Å². The van der Waals surface area contributed by atoms with Gasteiger partial charge >= 0.3 is 6.09 Å². The fourth-order valence-corrected chi connectivity index (χ4v) is 4.53. The van der Waals surface area contributed by atoms with E-state index in [1.165, 1.54) is 6.92 Å². The Hall–Kier alpha value is -4.66. The van der Waals surface area contributed by atoms with Gasteiger partial charge in [-0.3, -0.25) is 14.4 Å². The van der Waals surface area contributed by atoms with Crippen LogP contribution in [0.1, 0.15) is 29.5 Å². The van der Waals surface area contributed by atoms with Crippen molar-refractivity contribution in [1.29, 1.82) is 0 Å². The second kappa shape index (κ2) is 12.1. The molecule has 9 nitrogen and oxygen atoms in total. The lowest BCUT2D eigenvalue weighted by Gasteiger charge is -2.19. The average molecular weight is 515 g/mol. The zero-order valence-corrected chi connectivity index (χ0v) is 21.0. The Labute approximate surface area is 220 Å². The Balaban J connectivity index is 1.23. The van der Waals surface area contributed by atoms with Gasteiger partial charge in [0, 0.05) is 12.3 Å². The number of benzene rings is 3. The van der Waals surface area contributed by atoms with Crippen LogP contribution in [0.15, 0.2) is 78.9 Å². The van der Waals surface area contributed by atoms with Gasteiger partial charge in [-0.15, -0.1) is 0 Å². The van der Waals surface area contributed by atoms with E-state index < -0.39 is 35.9 Å². The number of rotatable bonds is 10. The van der Waals surface area contributed by atoms with Crippen LogP contribution in [-0.4, -0.2) is 49.1 Å². The first kappa shape index (κ1) is 26.4. The van der Waals surface area contributed by atoms with Crippen molar-refractivity contribution < 1.29 is 23.9 Å². The molecule has 0 saturated heterocycles. The molecule has 3 aromatic carbocycles. The molecule has 1 aliphatic carbocycles. The average Bonchev–Trinajstić information content (AvgIpc) is 3.24. The number of carbonyl (C=O) groups excluding carboxylic acids is 4. The van der Waals surface area contributed by atoms with Crippen molar-refractivity contribution in [2.75, 3.05) is 13.2 Å². The van der Waals surface area contributed by atoms with E-state index in [1.54, 1.807) is 0 Å². The Morgan fingerprint density at radius 1 is 0.842 bits per heavy atom. The van der Waals surface area contributed by atoms with Crippen molar-refractivity contribution in [2.24, 2.45) is 5.73 Å². The summed E-state index contributed by atoms with van der Waals surface area (Å²) < 4.78 is 5.42. The van der Waals surface area contributed by atoms with Crippen LogP contribution in [-0.2, 0) is 25.5 Å². The molecule has 3 aromatic rings. The lowest BCUT2D eigenvalue weighted by molar-refractivity contribution is -0.130. The molecule has 1 aliphatic rings. The summed E-state index contributed by atoms with van der Waals surface area (Å²) in [4.78, 5) is 48.9. The van der Waals surface area contributed by atoms with Crippen molar-refractivity contribution in [3.8, 4) is 11.1 Å². The summed E-state index contributed by atoms with van der Waals surface area (Å²) >= 11 is 0. The molecule has 196 valence electrons. The minimum atomic E-state index is -0.954. The van der Waals surface area contributed by atoms with Crippen molar-refractivity contribution in [1.82, 2.24) is 16.0 Å². The van der Waals surface area contributed by atoms with Crippen LogP contribution >= 0.6 is 0 Å². The van der Waals surface area contributed by atoms with Gasteiger partial charge in [-0.1, -0.05) is 78.9 Å². The molecule has 4 amide bonds. The van der Waals surface area contributed by atoms with E-state index in [4.69, 9.17) is 10.5 Å². The highest BCUT2D eigenvalue weighted by Gasteiger charge is 2.29. The smallest absolute Gasteiger partial charge is 0.407 e. The number of nitrogens with two attached hydrogens (primary N) is 1. The molecule has 0 aromatic heterocycles. The molecule has 38 heavy (non-hydrogen) atoms. The standard InChI is InChI=1S/C29H30N4O5/c1-18(28(36)33-25(27(30)35)15-19-9-3-2-4-10-19)32-26(34)16-31-29(37)38-17-24-22-13-7-5-11-20(22)21-12-6-8-14-23(21)24/h2-14,18,24-25H,15-17H2,1H3,(H2,30,35)(H,31,37)(H,32,34)(H,33,36)/t18-,25-/m0/s1. The Morgan fingerprint density at radius 2 is 1.42 bits per heavy atom. The van der Waals surface area contributed by atoms with Crippen molar-refractivity contribution in [2.45, 2.75) is 31.3 Å². The molecule has 0 unspecified atom stereocenters. The van der Waals surface area contributed by atoms with Gasteiger partial charge in [0.15, 0.2) is 0 Å². The molecule has 0 fully saturated rings. The van der Waals surface area contributed by atoms with Gasteiger partial charge in [0.05, 0.1) is 0 Å². The van der Waals surface area contributed by atoms with Gasteiger partial charge in [0.1, 0.15) is 25.2 Å². The number of alkyl carbamates (subject to hydrolysis) is 1. The van der Waals surface area contributed by atoms with Crippen LogP contribution in [0.25, 0.3) is 11.1 Å². The minimum absolute atomic E-state index is 0.0974. The van der Waals surface area contributed by atoms with Crippen LogP contribution in [0.5, 0.6) is 0 Å². The number of amides is 4. The van der Waals surface area contributed by atoms with Crippen molar-refractivity contribution in [3.05, 3.63) is 95.6 Å². The lowest BCUT2D eigenvalue weighted by Crippen LogP contribution is -2.53. The van der Waals surface area contributed by atoms with E-state index in [0.29, 0.717) is 0 Å². The van der Waals surface area contributed by atoms with Gasteiger partial charge < -0.3 is 26.4 Å². The number of nitrogens with one attached hydrogen (secondary N) is 3. The first-order chi connectivity index (χ1) is 18.3. The first-order valence-electron chi connectivity index (χ1n) is 12.3. The predicted octanol–water partition coefficient (Wildman–Crippen LogP) is 2.24. The van der Waals surface area contributed by atoms with Gasteiger partial charge in [-0.25, -0.2) is 4.79 Å². The highest BCUT2D eigenvalue weighted by atomic mass is 16.5. The molecule has 4 rings (SSSR count). The minimum Gasteiger partial charge on any atom is -0.449 e. The third kappa shape index (κ3) is 6.36. The summed E-state index contributed by atoms with van der Waals surface area (Å²) in [5.41, 5.74) is 10.7. The fourth-order valence-electron chi connectivity index (χ4n) is 4.53. The summed E-state index contributed by atoms with van der Waals surface area (Å²) in [6.45, 7) is 1.22. The quantitative estimate of drug-likeness (QED) is 0.329. The van der Waals surface area contributed by atoms with E-state index in [0.717, 1.165) is 27.8 Å². The van der Waals surface area contributed by atoms with Gasteiger partial charge in [0.25, 0.3) is 0 Å². The van der Waals surface area contributed by atoms with Gasteiger partial charge in [-0.2, -0.15) is 0 Å². The molecule has 5 N–H and O–H groups in total. The van der Waals surface area contributed by atoms with Crippen molar-refractivity contribution >= 4 is 23.8 Å². The number of ether oxygens (including phenoxy) is 1. The van der Waals surface area contributed by atoms with Crippen LogP contribution in [0.3, 0.4) is 0 Å². The maximum absolute atomic E-state index is 12.5. The normalized spacial score (nSPS) is 13.4. The summed E-state index contributed by atoms with van der Waals surface area (Å²) in [5.74, 6) is -1.93. The molecule has 0 spiro atoms. The number of hydrogen-bond donors (Lipinski definition) is 4. The zero-order valence-electron chi connectivity index (χ0n) is 21.0. The van der Waals surface area contributed by atoms with E-state index in [9.17, 15) is 19.2 Å². The highest BCUT2D eigenvalue weighted by molar-refractivity contribution is 5.92. The molecular weight excluding hydrogens is 484 g/mol.